The first-order valence-corrected chi connectivity index (χ1v) is 4.99. The van der Waals surface area contributed by atoms with E-state index in [9.17, 15) is 4.79 Å². The molecular weight excluding hydrogens is 245 g/mol. The molecule has 0 saturated carbocycles. The van der Waals surface area contributed by atoms with Crippen molar-refractivity contribution in [2.75, 3.05) is 6.54 Å². The summed E-state index contributed by atoms with van der Waals surface area (Å²) >= 11 is 6.87. The third-order valence-corrected chi connectivity index (χ3v) is 2.54. The van der Waals surface area contributed by atoms with Crippen molar-refractivity contribution in [1.82, 2.24) is 10.3 Å². The molecule has 0 saturated heterocycles. The minimum Gasteiger partial charge on any atom is -0.350 e. The molecule has 0 aromatic carbocycles. The summed E-state index contributed by atoms with van der Waals surface area (Å²) in [6.07, 6.45) is 0. The van der Waals surface area contributed by atoms with Crippen LogP contribution in [0.15, 0.2) is 5.51 Å². The SMILES string of the molecule is CC(N)CNC(=O)c1scnc1Cl.Cl. The third kappa shape index (κ3) is 3.79. The number of hydrogen-bond donors (Lipinski definition) is 2. The molecule has 0 fully saturated rings. The third-order valence-electron chi connectivity index (χ3n) is 1.31. The van der Waals surface area contributed by atoms with E-state index in [1.807, 2.05) is 6.92 Å². The van der Waals surface area contributed by atoms with Crippen LogP contribution in [-0.2, 0) is 0 Å². The summed E-state index contributed by atoms with van der Waals surface area (Å²) in [5, 5.41) is 2.89. The van der Waals surface area contributed by atoms with Gasteiger partial charge in [0.15, 0.2) is 5.15 Å². The summed E-state index contributed by atoms with van der Waals surface area (Å²) in [4.78, 5) is 15.5. The number of thiazole rings is 1. The standard InChI is InChI=1S/C7H10ClN3OS.ClH/c1-4(9)2-10-7(12)5-6(8)11-3-13-5;/h3-4H,2,9H2,1H3,(H,10,12);1H. The van der Waals surface area contributed by atoms with Crippen LogP contribution in [0.3, 0.4) is 0 Å². The number of rotatable bonds is 3. The predicted molar refractivity (Wildman–Crippen MR) is 60.4 cm³/mol. The van der Waals surface area contributed by atoms with Gasteiger partial charge in [0.25, 0.3) is 5.91 Å². The smallest absolute Gasteiger partial charge is 0.264 e. The van der Waals surface area contributed by atoms with Gasteiger partial charge in [-0.3, -0.25) is 4.79 Å². The van der Waals surface area contributed by atoms with E-state index >= 15 is 0 Å². The number of aromatic nitrogens is 1. The molecule has 1 unspecified atom stereocenters. The van der Waals surface area contributed by atoms with Crippen molar-refractivity contribution >= 4 is 41.3 Å². The van der Waals surface area contributed by atoms with Gasteiger partial charge in [0.05, 0.1) is 5.51 Å². The summed E-state index contributed by atoms with van der Waals surface area (Å²) in [6, 6.07) is -0.0596. The van der Waals surface area contributed by atoms with E-state index in [0.29, 0.717) is 11.4 Å². The quantitative estimate of drug-likeness (QED) is 0.856. The lowest BCUT2D eigenvalue weighted by molar-refractivity contribution is 0.0955. The minimum absolute atomic E-state index is 0. The highest BCUT2D eigenvalue weighted by Gasteiger charge is 2.12. The van der Waals surface area contributed by atoms with Gasteiger partial charge < -0.3 is 11.1 Å². The number of nitrogens with two attached hydrogens (primary N) is 1. The second-order valence-corrected chi connectivity index (χ2v) is 3.87. The largest absolute Gasteiger partial charge is 0.350 e. The number of amides is 1. The van der Waals surface area contributed by atoms with Crippen LogP contribution in [0.4, 0.5) is 0 Å². The maximum Gasteiger partial charge on any atom is 0.264 e. The fourth-order valence-corrected chi connectivity index (χ4v) is 1.63. The Kier molecular flexibility index (Phi) is 6.03. The van der Waals surface area contributed by atoms with Gasteiger partial charge >= 0.3 is 0 Å². The molecule has 0 radical (unpaired) electrons. The first-order valence-electron chi connectivity index (χ1n) is 3.74. The predicted octanol–water partition coefficient (Wildman–Crippen LogP) is 1.30. The Labute approximate surface area is 97.3 Å². The highest BCUT2D eigenvalue weighted by molar-refractivity contribution is 7.12. The number of nitrogens with one attached hydrogen (secondary N) is 1. The minimum atomic E-state index is -0.218. The molecule has 0 bridgehead atoms. The molecule has 0 aliphatic rings. The Balaban J connectivity index is 0.00000169. The number of carbonyl (C=O) groups is 1. The molecule has 3 N–H and O–H groups in total. The monoisotopic (exact) mass is 255 g/mol. The van der Waals surface area contributed by atoms with E-state index in [-0.39, 0.29) is 29.5 Å². The highest BCUT2D eigenvalue weighted by Crippen LogP contribution is 2.17. The van der Waals surface area contributed by atoms with Crippen molar-refractivity contribution in [3.8, 4) is 0 Å². The van der Waals surface area contributed by atoms with Gasteiger partial charge in [-0.2, -0.15) is 0 Å². The summed E-state index contributed by atoms with van der Waals surface area (Å²) in [5.41, 5.74) is 7.00. The summed E-state index contributed by atoms with van der Waals surface area (Å²) in [7, 11) is 0. The maximum atomic E-state index is 11.4. The van der Waals surface area contributed by atoms with E-state index in [4.69, 9.17) is 17.3 Å². The second kappa shape index (κ2) is 6.19. The van der Waals surface area contributed by atoms with E-state index in [2.05, 4.69) is 10.3 Å². The van der Waals surface area contributed by atoms with Crippen LogP contribution in [0, 0.1) is 0 Å². The zero-order chi connectivity index (χ0) is 9.84. The van der Waals surface area contributed by atoms with Gasteiger partial charge in [0.2, 0.25) is 0 Å². The Bertz CT molecular complexity index is 303. The van der Waals surface area contributed by atoms with Crippen LogP contribution in [0.25, 0.3) is 0 Å². The molecule has 14 heavy (non-hydrogen) atoms. The van der Waals surface area contributed by atoms with Crippen molar-refractivity contribution in [3.63, 3.8) is 0 Å². The molecule has 0 spiro atoms. The van der Waals surface area contributed by atoms with E-state index < -0.39 is 0 Å². The molecule has 1 rings (SSSR count). The zero-order valence-electron chi connectivity index (χ0n) is 7.49. The van der Waals surface area contributed by atoms with Gasteiger partial charge in [-0.25, -0.2) is 4.98 Å². The van der Waals surface area contributed by atoms with Gasteiger partial charge in [-0.05, 0) is 6.92 Å². The number of halogens is 2. The number of hydrogen-bond acceptors (Lipinski definition) is 4. The van der Waals surface area contributed by atoms with Crippen molar-refractivity contribution in [2.24, 2.45) is 5.73 Å². The summed E-state index contributed by atoms with van der Waals surface area (Å²) < 4.78 is 0. The Hall–Kier alpha value is -0.360. The molecule has 1 atom stereocenters. The molecular formula is C7H11Cl2N3OS. The molecule has 1 amide bonds. The van der Waals surface area contributed by atoms with Gasteiger partial charge in [-0.1, -0.05) is 11.6 Å². The second-order valence-electron chi connectivity index (χ2n) is 2.66. The first-order chi connectivity index (χ1) is 6.11. The zero-order valence-corrected chi connectivity index (χ0v) is 9.88. The number of carbonyl (C=O) groups excluding carboxylic acids is 1. The molecule has 7 heteroatoms. The lowest BCUT2D eigenvalue weighted by atomic mass is 10.3. The van der Waals surface area contributed by atoms with Crippen molar-refractivity contribution in [2.45, 2.75) is 13.0 Å². The lowest BCUT2D eigenvalue weighted by Crippen LogP contribution is -2.34. The fraction of sp³-hybridized carbons (Fsp3) is 0.429. The van der Waals surface area contributed by atoms with E-state index in [1.54, 1.807) is 0 Å². The van der Waals surface area contributed by atoms with Crippen LogP contribution in [0.1, 0.15) is 16.6 Å². The average Bonchev–Trinajstić information content (AvgIpc) is 2.47. The molecule has 4 nitrogen and oxygen atoms in total. The van der Waals surface area contributed by atoms with Crippen LogP contribution < -0.4 is 11.1 Å². The van der Waals surface area contributed by atoms with Gasteiger partial charge in [0.1, 0.15) is 4.88 Å². The molecule has 0 aliphatic heterocycles. The van der Waals surface area contributed by atoms with Crippen molar-refractivity contribution in [3.05, 3.63) is 15.5 Å². The Morgan fingerprint density at radius 2 is 2.50 bits per heavy atom. The molecule has 0 aliphatic carbocycles. The highest BCUT2D eigenvalue weighted by atomic mass is 35.5. The summed E-state index contributed by atoms with van der Waals surface area (Å²) in [5.74, 6) is -0.218. The van der Waals surface area contributed by atoms with Crippen LogP contribution >= 0.6 is 35.3 Å². The van der Waals surface area contributed by atoms with Gasteiger partial charge in [-0.15, -0.1) is 23.7 Å². The van der Waals surface area contributed by atoms with Crippen LogP contribution in [-0.4, -0.2) is 23.5 Å². The molecule has 1 aromatic rings. The summed E-state index contributed by atoms with van der Waals surface area (Å²) in [6.45, 7) is 2.25. The van der Waals surface area contributed by atoms with Crippen molar-refractivity contribution in [1.29, 1.82) is 0 Å². The van der Waals surface area contributed by atoms with Crippen molar-refractivity contribution < 1.29 is 4.79 Å². The molecule has 80 valence electrons. The van der Waals surface area contributed by atoms with E-state index in [1.165, 1.54) is 16.8 Å². The Morgan fingerprint density at radius 3 is 2.93 bits per heavy atom. The topological polar surface area (TPSA) is 68.0 Å². The average molecular weight is 256 g/mol. The van der Waals surface area contributed by atoms with Crippen LogP contribution in [0.5, 0.6) is 0 Å². The van der Waals surface area contributed by atoms with Gasteiger partial charge in [0, 0.05) is 12.6 Å². The Morgan fingerprint density at radius 1 is 1.86 bits per heavy atom. The maximum absolute atomic E-state index is 11.4. The van der Waals surface area contributed by atoms with E-state index in [0.717, 1.165) is 0 Å². The normalized spacial score (nSPS) is 11.6. The molecule has 1 aromatic heterocycles. The van der Waals surface area contributed by atoms with Crippen LogP contribution in [0.2, 0.25) is 5.15 Å². The fourth-order valence-electron chi connectivity index (χ4n) is 0.714. The number of nitrogens with zero attached hydrogens (tertiary/aromatic N) is 1. The first kappa shape index (κ1) is 13.6. The lowest BCUT2D eigenvalue weighted by Gasteiger charge is -2.05. The molecule has 1 heterocycles.